The SMILES string of the molecule is CN(C(N)=NCCN1C(=O)CNC1=O)C1CC1.I. The number of carbonyl (C=O) groups excluding carboxylic acids is 2. The number of halogens is 1. The number of hydrogen-bond acceptors (Lipinski definition) is 3. The van der Waals surface area contributed by atoms with Gasteiger partial charge in [0.2, 0.25) is 5.91 Å². The smallest absolute Gasteiger partial charge is 0.324 e. The van der Waals surface area contributed by atoms with Gasteiger partial charge in [-0.25, -0.2) is 4.79 Å². The zero-order valence-corrected chi connectivity index (χ0v) is 12.6. The van der Waals surface area contributed by atoms with Crippen LogP contribution in [-0.2, 0) is 4.79 Å². The number of nitrogens with zero attached hydrogens (tertiary/aromatic N) is 3. The minimum absolute atomic E-state index is 0. The normalized spacial score (nSPS) is 19.6. The molecule has 0 spiro atoms. The van der Waals surface area contributed by atoms with Crippen LogP contribution in [0.2, 0.25) is 0 Å². The van der Waals surface area contributed by atoms with Crippen molar-refractivity contribution < 1.29 is 9.59 Å². The van der Waals surface area contributed by atoms with Crippen LogP contribution in [-0.4, -0.2) is 60.4 Å². The predicted octanol–water partition coefficient (Wildman–Crippen LogP) is -0.435. The van der Waals surface area contributed by atoms with Gasteiger partial charge >= 0.3 is 6.03 Å². The van der Waals surface area contributed by atoms with Crippen LogP contribution < -0.4 is 11.1 Å². The van der Waals surface area contributed by atoms with Crippen LogP contribution in [0.5, 0.6) is 0 Å². The fraction of sp³-hybridized carbons (Fsp3) is 0.700. The molecule has 102 valence electrons. The van der Waals surface area contributed by atoms with E-state index in [1.807, 2.05) is 11.9 Å². The van der Waals surface area contributed by atoms with Crippen LogP contribution in [0.4, 0.5) is 4.79 Å². The Kier molecular flexibility index (Phi) is 5.17. The first kappa shape index (κ1) is 15.0. The van der Waals surface area contributed by atoms with Crippen LogP contribution >= 0.6 is 24.0 Å². The molecule has 8 heteroatoms. The lowest BCUT2D eigenvalue weighted by molar-refractivity contribution is -0.124. The third kappa shape index (κ3) is 3.47. The Morgan fingerprint density at radius 1 is 1.56 bits per heavy atom. The highest BCUT2D eigenvalue weighted by molar-refractivity contribution is 14.0. The summed E-state index contributed by atoms with van der Waals surface area (Å²) in [5.41, 5.74) is 5.78. The molecule has 0 radical (unpaired) electrons. The van der Waals surface area contributed by atoms with E-state index in [0.29, 0.717) is 18.5 Å². The molecule has 3 N–H and O–H groups in total. The first-order valence-corrected chi connectivity index (χ1v) is 5.70. The van der Waals surface area contributed by atoms with Crippen LogP contribution in [0.3, 0.4) is 0 Å². The predicted molar refractivity (Wildman–Crippen MR) is 77.8 cm³/mol. The topological polar surface area (TPSA) is 91.0 Å². The van der Waals surface area contributed by atoms with Gasteiger partial charge in [0.25, 0.3) is 0 Å². The number of rotatable bonds is 4. The summed E-state index contributed by atoms with van der Waals surface area (Å²) < 4.78 is 0. The summed E-state index contributed by atoms with van der Waals surface area (Å²) in [6.45, 7) is 0.714. The van der Waals surface area contributed by atoms with Gasteiger partial charge < -0.3 is 16.0 Å². The highest BCUT2D eigenvalue weighted by Crippen LogP contribution is 2.24. The van der Waals surface area contributed by atoms with E-state index in [1.165, 1.54) is 0 Å². The lowest BCUT2D eigenvalue weighted by Crippen LogP contribution is -2.37. The van der Waals surface area contributed by atoms with Crippen LogP contribution in [0.25, 0.3) is 0 Å². The molecule has 18 heavy (non-hydrogen) atoms. The van der Waals surface area contributed by atoms with Crippen molar-refractivity contribution in [2.75, 3.05) is 26.7 Å². The second-order valence-corrected chi connectivity index (χ2v) is 4.29. The minimum Gasteiger partial charge on any atom is -0.370 e. The molecular formula is C10H18IN5O2. The largest absolute Gasteiger partial charge is 0.370 e. The molecule has 2 aliphatic rings. The first-order valence-electron chi connectivity index (χ1n) is 5.70. The van der Waals surface area contributed by atoms with Crippen LogP contribution in [0.1, 0.15) is 12.8 Å². The molecule has 1 saturated heterocycles. The Balaban J connectivity index is 0.00000162. The first-order chi connectivity index (χ1) is 8.09. The Morgan fingerprint density at radius 2 is 2.22 bits per heavy atom. The maximum absolute atomic E-state index is 11.3. The van der Waals surface area contributed by atoms with Crippen molar-refractivity contribution in [3.8, 4) is 0 Å². The van der Waals surface area contributed by atoms with Gasteiger partial charge in [0.15, 0.2) is 5.96 Å². The van der Waals surface area contributed by atoms with Gasteiger partial charge in [-0.15, -0.1) is 24.0 Å². The van der Waals surface area contributed by atoms with Crippen molar-refractivity contribution in [1.82, 2.24) is 15.1 Å². The highest BCUT2D eigenvalue weighted by atomic mass is 127. The molecule has 7 nitrogen and oxygen atoms in total. The Bertz CT molecular complexity index is 353. The summed E-state index contributed by atoms with van der Waals surface area (Å²) in [5, 5.41) is 2.46. The number of imide groups is 1. The lowest BCUT2D eigenvalue weighted by Gasteiger charge is -2.17. The van der Waals surface area contributed by atoms with Gasteiger partial charge in [-0.05, 0) is 12.8 Å². The monoisotopic (exact) mass is 367 g/mol. The third-order valence-corrected chi connectivity index (χ3v) is 2.99. The van der Waals surface area contributed by atoms with E-state index in [1.54, 1.807) is 0 Å². The molecule has 0 aromatic rings. The second kappa shape index (κ2) is 6.21. The average Bonchev–Trinajstić information content (AvgIpc) is 3.09. The van der Waals surface area contributed by atoms with Crippen molar-refractivity contribution in [3.05, 3.63) is 0 Å². The molecular weight excluding hydrogens is 349 g/mol. The third-order valence-electron chi connectivity index (χ3n) is 2.99. The summed E-state index contributed by atoms with van der Waals surface area (Å²) in [5.74, 6) is 0.263. The minimum atomic E-state index is -0.348. The molecule has 0 bridgehead atoms. The lowest BCUT2D eigenvalue weighted by atomic mass is 10.5. The summed E-state index contributed by atoms with van der Waals surface area (Å²) in [7, 11) is 1.91. The number of carbonyl (C=O) groups is 2. The number of amides is 3. The number of guanidine groups is 1. The van der Waals surface area contributed by atoms with Crippen molar-refractivity contribution in [3.63, 3.8) is 0 Å². The van der Waals surface area contributed by atoms with Gasteiger partial charge in [-0.3, -0.25) is 14.7 Å². The fourth-order valence-corrected chi connectivity index (χ4v) is 1.71. The summed E-state index contributed by atoms with van der Waals surface area (Å²) in [6.07, 6.45) is 2.31. The van der Waals surface area contributed by atoms with E-state index >= 15 is 0 Å². The Morgan fingerprint density at radius 3 is 2.72 bits per heavy atom. The maximum Gasteiger partial charge on any atom is 0.324 e. The standard InChI is InChI=1S/C10H17N5O2.HI/c1-14(7-2-3-7)9(11)12-4-5-15-8(16)6-13-10(15)17;/h7H,2-6H2,1H3,(H2,11,12)(H,13,17);1H. The molecule has 3 amide bonds. The summed E-state index contributed by atoms with van der Waals surface area (Å²) in [4.78, 5) is 29.7. The number of nitrogens with two attached hydrogens (primary N) is 1. The summed E-state index contributed by atoms with van der Waals surface area (Å²) >= 11 is 0. The molecule has 0 atom stereocenters. The molecule has 2 rings (SSSR count). The average molecular weight is 367 g/mol. The summed E-state index contributed by atoms with van der Waals surface area (Å²) in [6, 6.07) is 0.162. The van der Waals surface area contributed by atoms with Gasteiger partial charge in [0.1, 0.15) is 0 Å². The van der Waals surface area contributed by atoms with Gasteiger partial charge in [0.05, 0.1) is 19.6 Å². The molecule has 2 fully saturated rings. The van der Waals surface area contributed by atoms with Crippen molar-refractivity contribution in [2.24, 2.45) is 10.7 Å². The van der Waals surface area contributed by atoms with Crippen LogP contribution in [0, 0.1) is 0 Å². The van der Waals surface area contributed by atoms with Gasteiger partial charge in [-0.2, -0.15) is 0 Å². The molecule has 1 heterocycles. The molecule has 0 unspecified atom stereocenters. The number of nitrogens with one attached hydrogen (secondary N) is 1. The Labute approximate surface area is 123 Å². The fourth-order valence-electron chi connectivity index (χ4n) is 1.71. The van der Waals surface area contributed by atoms with Gasteiger partial charge in [-0.1, -0.05) is 0 Å². The van der Waals surface area contributed by atoms with E-state index in [9.17, 15) is 9.59 Å². The van der Waals surface area contributed by atoms with Crippen molar-refractivity contribution in [1.29, 1.82) is 0 Å². The molecule has 0 aromatic carbocycles. The number of hydrogen-bond donors (Lipinski definition) is 2. The molecule has 1 aliphatic heterocycles. The second-order valence-electron chi connectivity index (χ2n) is 4.29. The van der Waals surface area contributed by atoms with E-state index in [-0.39, 0.29) is 49.0 Å². The van der Waals surface area contributed by atoms with E-state index in [4.69, 9.17) is 5.73 Å². The number of urea groups is 1. The molecule has 1 saturated carbocycles. The Hall–Kier alpha value is -1.06. The highest BCUT2D eigenvalue weighted by Gasteiger charge is 2.29. The van der Waals surface area contributed by atoms with Crippen molar-refractivity contribution in [2.45, 2.75) is 18.9 Å². The van der Waals surface area contributed by atoms with E-state index < -0.39 is 0 Å². The van der Waals surface area contributed by atoms with E-state index in [0.717, 1.165) is 17.7 Å². The zero-order valence-electron chi connectivity index (χ0n) is 10.3. The van der Waals surface area contributed by atoms with E-state index in [2.05, 4.69) is 10.3 Å². The number of aliphatic imine (C=N–C) groups is 1. The zero-order chi connectivity index (χ0) is 12.4. The molecule has 0 aromatic heterocycles. The maximum atomic E-state index is 11.3. The van der Waals surface area contributed by atoms with Gasteiger partial charge in [0, 0.05) is 13.1 Å². The van der Waals surface area contributed by atoms with Crippen LogP contribution in [0.15, 0.2) is 4.99 Å². The molecule has 1 aliphatic carbocycles. The van der Waals surface area contributed by atoms with Crippen molar-refractivity contribution >= 4 is 41.9 Å². The quantitative estimate of drug-likeness (QED) is 0.305.